The van der Waals surface area contributed by atoms with E-state index in [9.17, 15) is 0 Å². The van der Waals surface area contributed by atoms with Crippen molar-refractivity contribution in [3.05, 3.63) is 35.4 Å². The van der Waals surface area contributed by atoms with Gasteiger partial charge >= 0.3 is 0 Å². The molecule has 2 N–H and O–H groups in total. The Morgan fingerprint density at radius 1 is 1.00 bits per heavy atom. The van der Waals surface area contributed by atoms with E-state index in [1.165, 1.54) is 24.0 Å². The van der Waals surface area contributed by atoms with Crippen LogP contribution in [0.2, 0.25) is 0 Å². The maximum atomic E-state index is 5.69. The third-order valence-corrected chi connectivity index (χ3v) is 4.29. The molecule has 0 bridgehead atoms. The predicted molar refractivity (Wildman–Crippen MR) is 85.2 cm³/mol. The molecule has 0 saturated carbocycles. The van der Waals surface area contributed by atoms with Crippen molar-refractivity contribution in [2.45, 2.75) is 66.8 Å². The zero-order valence-electron chi connectivity index (χ0n) is 13.6. The third kappa shape index (κ3) is 4.65. The van der Waals surface area contributed by atoms with Crippen molar-refractivity contribution in [2.24, 2.45) is 16.6 Å². The van der Waals surface area contributed by atoms with Crippen molar-refractivity contribution in [1.29, 1.82) is 0 Å². The van der Waals surface area contributed by atoms with Crippen molar-refractivity contribution in [2.75, 3.05) is 0 Å². The summed E-state index contributed by atoms with van der Waals surface area (Å²) in [5.74, 6) is 0.601. The van der Waals surface area contributed by atoms with E-state index in [0.717, 1.165) is 0 Å². The second kappa shape index (κ2) is 6.09. The van der Waals surface area contributed by atoms with Crippen molar-refractivity contribution < 1.29 is 0 Å². The molecule has 1 aromatic carbocycles. The topological polar surface area (TPSA) is 26.0 Å². The predicted octanol–water partition coefficient (Wildman–Crippen LogP) is 5.10. The molecule has 1 rings (SSSR count). The van der Waals surface area contributed by atoms with Gasteiger partial charge in [-0.25, -0.2) is 0 Å². The molecule has 1 heteroatoms. The fourth-order valence-corrected chi connectivity index (χ4v) is 2.59. The Hall–Kier alpha value is -0.820. The summed E-state index contributed by atoms with van der Waals surface area (Å²) in [7, 11) is 0. The molecule has 0 fully saturated rings. The second-order valence-corrected chi connectivity index (χ2v) is 7.61. The largest absolute Gasteiger partial charge is 0.326 e. The Morgan fingerprint density at radius 2 is 1.53 bits per heavy atom. The molecule has 108 valence electrons. The Labute approximate surface area is 119 Å². The van der Waals surface area contributed by atoms with Gasteiger partial charge in [0.05, 0.1) is 0 Å². The van der Waals surface area contributed by atoms with Crippen LogP contribution in [0.3, 0.4) is 0 Å². The highest BCUT2D eigenvalue weighted by molar-refractivity contribution is 5.27. The molecule has 0 aliphatic carbocycles. The monoisotopic (exact) mass is 261 g/mol. The highest BCUT2D eigenvalue weighted by Crippen LogP contribution is 2.45. The highest BCUT2D eigenvalue weighted by Gasteiger charge is 2.32. The first-order valence-electron chi connectivity index (χ1n) is 7.48. The molecular weight excluding hydrogens is 230 g/mol. The van der Waals surface area contributed by atoms with E-state index < -0.39 is 0 Å². The molecular formula is C18H31N. The van der Waals surface area contributed by atoms with E-state index in [1.54, 1.807) is 0 Å². The van der Waals surface area contributed by atoms with Crippen molar-refractivity contribution in [3.8, 4) is 0 Å². The van der Waals surface area contributed by atoms with E-state index in [1.807, 2.05) is 0 Å². The fraction of sp³-hybridized carbons (Fsp3) is 0.667. The third-order valence-electron chi connectivity index (χ3n) is 4.29. The van der Waals surface area contributed by atoms with E-state index in [4.69, 9.17) is 5.73 Å². The van der Waals surface area contributed by atoms with Crippen LogP contribution in [-0.2, 0) is 6.54 Å². The summed E-state index contributed by atoms with van der Waals surface area (Å²) in [6.45, 7) is 14.7. The molecule has 1 nitrogen and oxygen atoms in total. The summed E-state index contributed by atoms with van der Waals surface area (Å²) in [6, 6.07) is 8.90. The molecule has 19 heavy (non-hydrogen) atoms. The quantitative estimate of drug-likeness (QED) is 0.784. The fourth-order valence-electron chi connectivity index (χ4n) is 2.59. The van der Waals surface area contributed by atoms with Crippen LogP contribution in [0.15, 0.2) is 24.3 Å². The first-order valence-corrected chi connectivity index (χ1v) is 7.48. The van der Waals surface area contributed by atoms with Crippen LogP contribution in [-0.4, -0.2) is 0 Å². The number of hydrogen-bond acceptors (Lipinski definition) is 1. The normalized spacial score (nSPS) is 14.5. The van der Waals surface area contributed by atoms with Gasteiger partial charge in [0.1, 0.15) is 0 Å². The van der Waals surface area contributed by atoms with Gasteiger partial charge < -0.3 is 5.73 Å². The van der Waals surface area contributed by atoms with Gasteiger partial charge in [0.15, 0.2) is 0 Å². The van der Waals surface area contributed by atoms with Crippen LogP contribution in [0.1, 0.15) is 71.4 Å². The second-order valence-electron chi connectivity index (χ2n) is 7.61. The van der Waals surface area contributed by atoms with Crippen LogP contribution in [0.25, 0.3) is 0 Å². The first kappa shape index (κ1) is 16.2. The van der Waals surface area contributed by atoms with E-state index in [0.29, 0.717) is 23.3 Å². The Kier molecular flexibility index (Phi) is 5.20. The molecule has 0 aliphatic rings. The van der Waals surface area contributed by atoms with Crippen LogP contribution in [0, 0.1) is 10.8 Å². The van der Waals surface area contributed by atoms with Crippen LogP contribution < -0.4 is 5.73 Å². The van der Waals surface area contributed by atoms with Gasteiger partial charge in [0.25, 0.3) is 0 Å². The molecule has 0 radical (unpaired) electrons. The maximum Gasteiger partial charge on any atom is 0.0178 e. The van der Waals surface area contributed by atoms with Gasteiger partial charge in [-0.1, -0.05) is 72.2 Å². The minimum absolute atomic E-state index is 0.331. The molecule has 0 aliphatic heterocycles. The van der Waals surface area contributed by atoms with Crippen molar-refractivity contribution >= 4 is 0 Å². The number of hydrogen-bond donors (Lipinski definition) is 1. The summed E-state index contributed by atoms with van der Waals surface area (Å²) < 4.78 is 0. The van der Waals surface area contributed by atoms with Gasteiger partial charge in [-0.2, -0.15) is 0 Å². The Balaban J connectivity index is 3.08. The lowest BCUT2D eigenvalue weighted by molar-refractivity contribution is 0.203. The molecule has 1 aromatic rings. The summed E-state index contributed by atoms with van der Waals surface area (Å²) in [6.07, 6.45) is 2.42. The maximum absolute atomic E-state index is 5.69. The Bertz CT molecular complexity index is 381. The van der Waals surface area contributed by atoms with E-state index in [2.05, 4.69) is 65.8 Å². The number of benzene rings is 1. The number of rotatable bonds is 5. The average Bonchev–Trinajstić information content (AvgIpc) is 2.35. The molecule has 0 aromatic heterocycles. The van der Waals surface area contributed by atoms with Gasteiger partial charge in [-0.3, -0.25) is 0 Å². The van der Waals surface area contributed by atoms with Gasteiger partial charge in [0.2, 0.25) is 0 Å². The summed E-state index contributed by atoms with van der Waals surface area (Å²) in [4.78, 5) is 0. The van der Waals surface area contributed by atoms with Gasteiger partial charge in [-0.15, -0.1) is 0 Å². The van der Waals surface area contributed by atoms with Gasteiger partial charge in [0, 0.05) is 6.54 Å². The van der Waals surface area contributed by atoms with Crippen LogP contribution >= 0.6 is 0 Å². The molecule has 1 unspecified atom stereocenters. The summed E-state index contributed by atoms with van der Waals surface area (Å²) >= 11 is 0. The Morgan fingerprint density at radius 3 is 1.89 bits per heavy atom. The molecule has 0 amide bonds. The molecule has 0 spiro atoms. The lowest BCUT2D eigenvalue weighted by Crippen LogP contribution is -2.26. The highest BCUT2D eigenvalue weighted by atomic mass is 14.5. The molecule has 0 heterocycles. The van der Waals surface area contributed by atoms with Crippen LogP contribution in [0.4, 0.5) is 0 Å². The number of nitrogens with two attached hydrogens (primary N) is 1. The van der Waals surface area contributed by atoms with Crippen molar-refractivity contribution in [3.63, 3.8) is 0 Å². The van der Waals surface area contributed by atoms with Crippen molar-refractivity contribution in [1.82, 2.24) is 0 Å². The van der Waals surface area contributed by atoms with E-state index >= 15 is 0 Å². The minimum Gasteiger partial charge on any atom is -0.326 e. The lowest BCUT2D eigenvalue weighted by Gasteiger charge is -2.38. The minimum atomic E-state index is 0.331. The SMILES string of the molecule is CCC(C)(C)C(CC(C)(C)C)c1ccc(CN)cc1. The van der Waals surface area contributed by atoms with Gasteiger partial charge in [-0.05, 0) is 34.3 Å². The first-order chi connectivity index (χ1) is 8.69. The standard InChI is InChI=1S/C18H31N/c1-7-18(5,6)16(12-17(2,3)4)15-10-8-14(13-19)9-11-15/h8-11,16H,7,12-13,19H2,1-6H3. The van der Waals surface area contributed by atoms with Crippen LogP contribution in [0.5, 0.6) is 0 Å². The smallest absolute Gasteiger partial charge is 0.0178 e. The molecule has 0 saturated heterocycles. The summed E-state index contributed by atoms with van der Waals surface area (Å²) in [5, 5.41) is 0. The zero-order valence-corrected chi connectivity index (χ0v) is 13.6. The summed E-state index contributed by atoms with van der Waals surface area (Å²) in [5.41, 5.74) is 9.04. The average molecular weight is 261 g/mol. The molecule has 1 atom stereocenters. The van der Waals surface area contributed by atoms with E-state index in [-0.39, 0.29) is 0 Å². The zero-order chi connectivity index (χ0) is 14.7. The lowest BCUT2D eigenvalue weighted by atomic mass is 9.67.